The predicted molar refractivity (Wildman–Crippen MR) is 403 cm³/mol. The molecular weight excluding hydrogens is 1340 g/mol. The van der Waals surface area contributed by atoms with Gasteiger partial charge in [0.1, 0.15) is 33.5 Å². The average molecular weight is 1400 g/mol. The summed E-state index contributed by atoms with van der Waals surface area (Å²) in [4.78, 5) is 29.3. The third kappa shape index (κ3) is 12.1. The van der Waals surface area contributed by atoms with Gasteiger partial charge in [-0.15, -0.1) is 0 Å². The van der Waals surface area contributed by atoms with Gasteiger partial charge in [0.25, 0.3) is 0 Å². The quantitative estimate of drug-likeness (QED) is 0.128. The summed E-state index contributed by atoms with van der Waals surface area (Å²) in [5.41, 5.74) is 14.8. The van der Waals surface area contributed by atoms with Crippen LogP contribution in [0.1, 0.15) is 27.7 Å². The number of fused-ring (bicyclic) bond motifs is 9. The largest absolute Gasteiger partial charge is 0.498 e. The first-order chi connectivity index (χ1) is 47.8. The number of nitrogens with zero attached hydrogens (tertiary/aromatic N) is 6. The van der Waals surface area contributed by atoms with Crippen LogP contribution in [0.15, 0.2) is 307 Å². The van der Waals surface area contributed by atoms with Crippen LogP contribution in [-0.4, -0.2) is 48.2 Å². The van der Waals surface area contributed by atoms with Gasteiger partial charge in [0, 0.05) is 91.2 Å². The Morgan fingerprint density at radius 3 is 0.929 bits per heavy atom. The molecule has 6 heterocycles. The van der Waals surface area contributed by atoms with Crippen LogP contribution in [0.3, 0.4) is 0 Å². The molecule has 11 nitrogen and oxygen atoms in total. The molecule has 0 atom stereocenters. The van der Waals surface area contributed by atoms with E-state index in [2.05, 4.69) is 138 Å². The number of halogens is 2. The zero-order chi connectivity index (χ0) is 66.5. The van der Waals surface area contributed by atoms with Crippen LogP contribution in [0.5, 0.6) is 0 Å². The molecule has 17 aromatic rings. The van der Waals surface area contributed by atoms with Crippen molar-refractivity contribution in [3.63, 3.8) is 0 Å². The second kappa shape index (κ2) is 25.9. The van der Waals surface area contributed by atoms with Gasteiger partial charge >= 0.3 is 7.12 Å². The van der Waals surface area contributed by atoms with E-state index < -0.39 is 7.12 Å². The molecule has 0 unspecified atom stereocenters. The van der Waals surface area contributed by atoms with Crippen molar-refractivity contribution in [3.8, 4) is 90.6 Å². The number of hydrogen-bond donors (Lipinski definition) is 0. The van der Waals surface area contributed by atoms with E-state index in [1.54, 1.807) is 0 Å². The fourth-order valence-corrected chi connectivity index (χ4v) is 13.8. The molecule has 18 rings (SSSR count). The Morgan fingerprint density at radius 1 is 0.265 bits per heavy atom. The van der Waals surface area contributed by atoms with Gasteiger partial charge in [-0.3, -0.25) is 0 Å². The van der Waals surface area contributed by atoms with E-state index in [1.807, 2.05) is 206 Å². The number of rotatable bonds is 9. The average Bonchev–Trinajstić information content (AvgIpc) is 1.55. The van der Waals surface area contributed by atoms with Gasteiger partial charge in [-0.25, -0.2) is 29.9 Å². The molecule has 1 aliphatic rings. The zero-order valence-corrected chi connectivity index (χ0v) is 56.9. The minimum Gasteiger partial charge on any atom is -0.456 e. The van der Waals surface area contributed by atoms with Crippen molar-refractivity contribution >= 4 is 110 Å². The summed E-state index contributed by atoms with van der Waals surface area (Å²) in [6.07, 6.45) is 0. The zero-order valence-electron chi connectivity index (χ0n) is 53.7. The van der Waals surface area contributed by atoms with E-state index in [4.69, 9.17) is 52.5 Å². The Labute approximate surface area is 582 Å². The van der Waals surface area contributed by atoms with Crippen molar-refractivity contribution in [1.29, 1.82) is 0 Å². The molecule has 0 radical (unpaired) electrons. The summed E-state index contributed by atoms with van der Waals surface area (Å²) in [5.74, 6) is 3.76. The Balaban J connectivity index is 0.000000130. The van der Waals surface area contributed by atoms with Gasteiger partial charge in [-0.1, -0.05) is 262 Å². The van der Waals surface area contributed by atoms with E-state index in [0.717, 1.165) is 136 Å². The molecule has 5 aromatic heterocycles. The fraction of sp³-hybridized carbons (Fsp3) is 0.0714. The molecule has 12 aromatic carbocycles. The number of benzene rings is 12. The van der Waals surface area contributed by atoms with Gasteiger partial charge in [0.05, 0.1) is 11.2 Å². The second-order valence-corrected chi connectivity index (χ2v) is 26.8. The summed E-state index contributed by atoms with van der Waals surface area (Å²) in [6, 6.07) is 95.8. The van der Waals surface area contributed by atoms with Crippen molar-refractivity contribution in [3.05, 3.63) is 294 Å². The van der Waals surface area contributed by atoms with Crippen molar-refractivity contribution in [2.24, 2.45) is 0 Å². The van der Waals surface area contributed by atoms with Crippen LogP contribution in [0.25, 0.3) is 156 Å². The van der Waals surface area contributed by atoms with Gasteiger partial charge in [0.15, 0.2) is 34.9 Å². The first kappa shape index (κ1) is 61.9. The molecule has 472 valence electrons. The summed E-state index contributed by atoms with van der Waals surface area (Å²) >= 11 is 7.07. The maximum absolute atomic E-state index is 6.53. The van der Waals surface area contributed by atoms with Crippen LogP contribution < -0.4 is 5.46 Å². The lowest BCUT2D eigenvalue weighted by Gasteiger charge is -2.32. The predicted octanol–water partition coefficient (Wildman–Crippen LogP) is 22.3. The lowest BCUT2D eigenvalue weighted by molar-refractivity contribution is 0.00578. The van der Waals surface area contributed by atoms with Crippen molar-refractivity contribution in [2.75, 3.05) is 0 Å². The standard InChI is InChI=1S/C45H27N3O2.C21H13Br2N3.C18H19BO3/c1-3-13-28(14-4-1)43-46-44(29-15-5-2-6-16-29)48-45(47-43)32-26-30(33-19-11-21-37-35-17-7-9-23-39(35)49-41(33)37)25-31(27-32)34-20-12-22-38-36-18-8-10-24-40(36)50-42(34)38;22-17-11-16(12-18(23)13-17)21-25-19(14-7-3-1-4-8-14)24-20(26-21)15-9-5-2-6-10-15;1-17(2)18(3,4)22-19(21-17)14-10-7-9-13-12-8-5-6-11-15(12)20-16(13)14/h1-27H;1-13H;5-11H,1-4H3. The van der Waals surface area contributed by atoms with Crippen LogP contribution in [0, 0.1) is 0 Å². The van der Waals surface area contributed by atoms with Crippen LogP contribution >= 0.6 is 31.9 Å². The van der Waals surface area contributed by atoms with Crippen molar-refractivity contribution < 1.29 is 22.6 Å². The Kier molecular flexibility index (Phi) is 16.3. The molecule has 98 heavy (non-hydrogen) atoms. The van der Waals surface area contributed by atoms with Gasteiger partial charge in [0.2, 0.25) is 0 Å². The second-order valence-electron chi connectivity index (χ2n) is 25.0. The maximum atomic E-state index is 6.53. The Hall–Kier alpha value is -11.0. The van der Waals surface area contributed by atoms with Crippen molar-refractivity contribution in [2.45, 2.75) is 38.9 Å². The van der Waals surface area contributed by atoms with Crippen LogP contribution in [0.4, 0.5) is 0 Å². The summed E-state index contributed by atoms with van der Waals surface area (Å²) < 4.78 is 33.4. The van der Waals surface area contributed by atoms with E-state index in [-0.39, 0.29) is 11.2 Å². The smallest absolute Gasteiger partial charge is 0.456 e. The summed E-state index contributed by atoms with van der Waals surface area (Å²) in [6.45, 7) is 8.25. The van der Waals surface area contributed by atoms with Crippen LogP contribution in [-0.2, 0) is 9.31 Å². The molecule has 14 heteroatoms. The monoisotopic (exact) mass is 1400 g/mol. The molecular formula is C84H59BBr2N6O5. The molecule has 0 spiro atoms. The molecule has 1 saturated heterocycles. The highest BCUT2D eigenvalue weighted by Gasteiger charge is 2.52. The normalized spacial score (nSPS) is 13.3. The number of aromatic nitrogens is 6. The van der Waals surface area contributed by atoms with Gasteiger partial charge in [-0.2, -0.15) is 0 Å². The third-order valence-corrected chi connectivity index (χ3v) is 19.0. The van der Waals surface area contributed by atoms with Gasteiger partial charge in [-0.05, 0) is 93.4 Å². The first-order valence-corrected chi connectivity index (χ1v) is 33.9. The molecule has 1 fully saturated rings. The number of furan rings is 3. The lowest BCUT2D eigenvalue weighted by atomic mass is 9.78. The van der Waals surface area contributed by atoms with E-state index in [0.29, 0.717) is 34.9 Å². The Bertz CT molecular complexity index is 5540. The van der Waals surface area contributed by atoms with E-state index in [1.165, 1.54) is 0 Å². The topological polar surface area (TPSA) is 135 Å². The molecule has 0 aliphatic carbocycles. The maximum Gasteiger partial charge on any atom is 0.498 e. The molecule has 0 saturated carbocycles. The molecule has 0 N–H and O–H groups in total. The lowest BCUT2D eigenvalue weighted by Crippen LogP contribution is -2.41. The highest BCUT2D eigenvalue weighted by Crippen LogP contribution is 2.43. The highest BCUT2D eigenvalue weighted by atomic mass is 79.9. The fourth-order valence-electron chi connectivity index (χ4n) is 12.5. The number of hydrogen-bond acceptors (Lipinski definition) is 11. The van der Waals surface area contributed by atoms with E-state index >= 15 is 0 Å². The minimum atomic E-state index is -0.408. The first-order valence-electron chi connectivity index (χ1n) is 32.3. The summed E-state index contributed by atoms with van der Waals surface area (Å²) in [7, 11) is -0.408. The summed E-state index contributed by atoms with van der Waals surface area (Å²) in [5, 5.41) is 6.54. The molecule has 0 bridgehead atoms. The molecule has 1 aliphatic heterocycles. The minimum absolute atomic E-state index is 0.355. The van der Waals surface area contributed by atoms with E-state index in [9.17, 15) is 0 Å². The highest BCUT2D eigenvalue weighted by molar-refractivity contribution is 9.11. The number of para-hydroxylation sites is 6. The van der Waals surface area contributed by atoms with Gasteiger partial charge < -0.3 is 22.6 Å². The SMILES string of the molecule is Brc1cc(Br)cc(-c2nc(-c3ccccc3)nc(-c3ccccc3)n2)c1.CC1(C)OB(c2cccc3c2oc2ccccc23)OC1(C)C.c1ccc(-c2nc(-c3ccccc3)nc(-c3cc(-c4cccc5c4oc4ccccc45)cc(-c4cccc5c4oc4ccccc45)c3)n2)cc1. The van der Waals surface area contributed by atoms with Crippen molar-refractivity contribution in [1.82, 2.24) is 29.9 Å². The Morgan fingerprint density at radius 2 is 0.551 bits per heavy atom. The third-order valence-electron chi connectivity index (χ3n) is 18.1. The molecule has 0 amide bonds. The van der Waals surface area contributed by atoms with Crippen LogP contribution in [0.2, 0.25) is 0 Å².